The van der Waals surface area contributed by atoms with E-state index in [1.807, 2.05) is 51.2 Å². The first kappa shape index (κ1) is 15.9. The maximum atomic E-state index is 12.9. The van der Waals surface area contributed by atoms with Gasteiger partial charge in [0.05, 0.1) is 16.0 Å². The average molecular weight is 301 g/mol. The summed E-state index contributed by atoms with van der Waals surface area (Å²) >= 11 is 0. The molecular formula is C18H23NOS. The summed E-state index contributed by atoms with van der Waals surface area (Å²) in [5, 5.41) is 3.31. The number of benzene rings is 2. The minimum atomic E-state index is -1.04. The van der Waals surface area contributed by atoms with Crippen molar-refractivity contribution < 1.29 is 4.21 Å². The molecule has 0 aliphatic heterocycles. The van der Waals surface area contributed by atoms with E-state index in [0.29, 0.717) is 0 Å². The smallest absolute Gasteiger partial charge is 0.0580 e. The van der Waals surface area contributed by atoms with Crippen LogP contribution in [0.4, 0.5) is 0 Å². The molecule has 0 bridgehead atoms. The molecule has 2 aromatic rings. The number of aryl methyl sites for hydroxylation is 2. The zero-order valence-electron chi connectivity index (χ0n) is 13.1. The Morgan fingerprint density at radius 1 is 1.05 bits per heavy atom. The van der Waals surface area contributed by atoms with Crippen LogP contribution >= 0.6 is 0 Å². The number of rotatable bonds is 5. The van der Waals surface area contributed by atoms with Gasteiger partial charge in [0, 0.05) is 10.9 Å². The van der Waals surface area contributed by atoms with E-state index in [-0.39, 0.29) is 11.3 Å². The molecule has 0 radical (unpaired) electrons. The van der Waals surface area contributed by atoms with Crippen molar-refractivity contribution in [1.82, 2.24) is 5.32 Å². The van der Waals surface area contributed by atoms with Crippen LogP contribution in [0.3, 0.4) is 0 Å². The highest BCUT2D eigenvalue weighted by molar-refractivity contribution is 7.85. The minimum absolute atomic E-state index is 0.00111. The van der Waals surface area contributed by atoms with Crippen LogP contribution in [0.15, 0.2) is 53.4 Å². The van der Waals surface area contributed by atoms with Crippen LogP contribution in [0.2, 0.25) is 0 Å². The van der Waals surface area contributed by atoms with Gasteiger partial charge in [0.1, 0.15) is 0 Å². The van der Waals surface area contributed by atoms with Gasteiger partial charge in [0.25, 0.3) is 0 Å². The van der Waals surface area contributed by atoms with Crippen molar-refractivity contribution in [3.8, 4) is 0 Å². The molecule has 3 heteroatoms. The standard InChI is InChI=1S/C18H23NOS/c1-13-10-11-17(14(2)12-13)21(20)15(3)18(19-4)16-8-6-5-7-9-16/h5-12,15,18-19H,1-4H3. The maximum absolute atomic E-state index is 12.9. The van der Waals surface area contributed by atoms with Gasteiger partial charge in [-0.3, -0.25) is 4.21 Å². The van der Waals surface area contributed by atoms with E-state index in [4.69, 9.17) is 0 Å². The molecule has 0 aromatic heterocycles. The third-order valence-electron chi connectivity index (χ3n) is 3.82. The Morgan fingerprint density at radius 2 is 1.71 bits per heavy atom. The van der Waals surface area contributed by atoms with Gasteiger partial charge in [-0.05, 0) is 45.0 Å². The molecule has 2 aromatic carbocycles. The summed E-state index contributed by atoms with van der Waals surface area (Å²) in [5.74, 6) is 0. The van der Waals surface area contributed by atoms with Crippen LogP contribution in [0.5, 0.6) is 0 Å². The normalized spacial score (nSPS) is 15.4. The lowest BCUT2D eigenvalue weighted by Gasteiger charge is -2.24. The largest absolute Gasteiger partial charge is 0.312 e. The van der Waals surface area contributed by atoms with Crippen molar-refractivity contribution in [2.24, 2.45) is 0 Å². The third kappa shape index (κ3) is 3.60. The summed E-state index contributed by atoms with van der Waals surface area (Å²) in [4.78, 5) is 0.935. The zero-order valence-corrected chi connectivity index (χ0v) is 13.9. The maximum Gasteiger partial charge on any atom is 0.0580 e. The lowest BCUT2D eigenvalue weighted by atomic mass is 10.0. The average Bonchev–Trinajstić information content (AvgIpc) is 2.48. The van der Waals surface area contributed by atoms with E-state index < -0.39 is 10.8 Å². The highest BCUT2D eigenvalue weighted by atomic mass is 32.2. The Labute approximate surface area is 130 Å². The van der Waals surface area contributed by atoms with Gasteiger partial charge in [0.2, 0.25) is 0 Å². The molecular weight excluding hydrogens is 278 g/mol. The highest BCUT2D eigenvalue weighted by Crippen LogP contribution is 2.26. The minimum Gasteiger partial charge on any atom is -0.312 e. The molecule has 0 saturated carbocycles. The van der Waals surface area contributed by atoms with Gasteiger partial charge in [-0.25, -0.2) is 0 Å². The van der Waals surface area contributed by atoms with Gasteiger partial charge in [-0.2, -0.15) is 0 Å². The number of hydrogen-bond acceptors (Lipinski definition) is 2. The van der Waals surface area contributed by atoms with Gasteiger partial charge in [-0.1, -0.05) is 48.0 Å². The van der Waals surface area contributed by atoms with E-state index in [0.717, 1.165) is 10.5 Å². The fourth-order valence-corrected chi connectivity index (χ4v) is 4.20. The molecule has 3 atom stereocenters. The first-order chi connectivity index (χ1) is 10.0. The molecule has 112 valence electrons. The van der Waals surface area contributed by atoms with Crippen molar-refractivity contribution in [2.45, 2.75) is 37.0 Å². The summed E-state index contributed by atoms with van der Waals surface area (Å²) in [6, 6.07) is 16.4. The SMILES string of the molecule is CNC(c1ccccc1)C(C)S(=O)c1ccc(C)cc1C. The van der Waals surface area contributed by atoms with E-state index in [1.54, 1.807) is 0 Å². The molecule has 2 nitrogen and oxygen atoms in total. The van der Waals surface area contributed by atoms with Crippen LogP contribution in [-0.2, 0) is 10.8 Å². The predicted molar refractivity (Wildman–Crippen MR) is 90.0 cm³/mol. The summed E-state index contributed by atoms with van der Waals surface area (Å²) < 4.78 is 12.9. The Morgan fingerprint density at radius 3 is 2.29 bits per heavy atom. The van der Waals surface area contributed by atoms with E-state index in [2.05, 4.69) is 30.4 Å². The molecule has 1 N–H and O–H groups in total. The molecule has 0 heterocycles. The fraction of sp³-hybridized carbons (Fsp3) is 0.333. The Hall–Kier alpha value is -1.45. The topological polar surface area (TPSA) is 29.1 Å². The lowest BCUT2D eigenvalue weighted by Crippen LogP contribution is -2.30. The van der Waals surface area contributed by atoms with Gasteiger partial charge in [-0.15, -0.1) is 0 Å². The Balaban J connectivity index is 2.29. The van der Waals surface area contributed by atoms with Crippen LogP contribution < -0.4 is 5.32 Å². The summed E-state index contributed by atoms with van der Waals surface area (Å²) in [7, 11) is 0.883. The monoisotopic (exact) mass is 301 g/mol. The first-order valence-corrected chi connectivity index (χ1v) is 8.46. The third-order valence-corrected chi connectivity index (χ3v) is 5.66. The van der Waals surface area contributed by atoms with E-state index >= 15 is 0 Å². The van der Waals surface area contributed by atoms with Crippen LogP contribution in [0.1, 0.15) is 29.7 Å². The summed E-state index contributed by atoms with van der Waals surface area (Å²) in [6.07, 6.45) is 0. The van der Waals surface area contributed by atoms with Crippen molar-refractivity contribution >= 4 is 10.8 Å². The van der Waals surface area contributed by atoms with Crippen molar-refractivity contribution in [1.29, 1.82) is 0 Å². The molecule has 3 unspecified atom stereocenters. The molecule has 21 heavy (non-hydrogen) atoms. The van der Waals surface area contributed by atoms with E-state index in [1.165, 1.54) is 11.1 Å². The number of hydrogen-bond donors (Lipinski definition) is 1. The molecule has 0 aliphatic carbocycles. The van der Waals surface area contributed by atoms with Gasteiger partial charge >= 0.3 is 0 Å². The fourth-order valence-electron chi connectivity index (χ4n) is 2.68. The van der Waals surface area contributed by atoms with Crippen LogP contribution in [0.25, 0.3) is 0 Å². The Bertz CT molecular complexity index is 624. The van der Waals surface area contributed by atoms with Crippen molar-refractivity contribution in [3.63, 3.8) is 0 Å². The highest BCUT2D eigenvalue weighted by Gasteiger charge is 2.24. The second-order valence-electron chi connectivity index (χ2n) is 5.45. The van der Waals surface area contributed by atoms with Crippen molar-refractivity contribution in [3.05, 3.63) is 65.2 Å². The van der Waals surface area contributed by atoms with Gasteiger partial charge in [0.15, 0.2) is 0 Å². The summed E-state index contributed by atoms with van der Waals surface area (Å²) in [6.45, 7) is 6.14. The van der Waals surface area contributed by atoms with Gasteiger partial charge < -0.3 is 5.32 Å². The molecule has 2 rings (SSSR count). The predicted octanol–water partition coefficient (Wildman–Crippen LogP) is 3.76. The first-order valence-electron chi connectivity index (χ1n) is 7.24. The number of nitrogens with one attached hydrogen (secondary N) is 1. The Kier molecular flexibility index (Phi) is 5.32. The zero-order chi connectivity index (χ0) is 15.4. The molecule has 0 aliphatic rings. The van der Waals surface area contributed by atoms with E-state index in [9.17, 15) is 4.21 Å². The quantitative estimate of drug-likeness (QED) is 0.911. The molecule has 0 fully saturated rings. The second-order valence-corrected chi connectivity index (χ2v) is 7.23. The molecule has 0 saturated heterocycles. The molecule has 0 amide bonds. The summed E-state index contributed by atoms with van der Waals surface area (Å²) in [5.41, 5.74) is 3.47. The molecule has 0 spiro atoms. The van der Waals surface area contributed by atoms with Crippen molar-refractivity contribution in [2.75, 3.05) is 7.05 Å². The van der Waals surface area contributed by atoms with Crippen LogP contribution in [0, 0.1) is 13.8 Å². The van der Waals surface area contributed by atoms with Crippen LogP contribution in [-0.4, -0.2) is 16.5 Å². The second kappa shape index (κ2) is 7.01. The lowest BCUT2D eigenvalue weighted by molar-refractivity contribution is 0.570.